The largest absolute Gasteiger partial charge is 0.480 e. The van der Waals surface area contributed by atoms with Crippen molar-refractivity contribution in [3.63, 3.8) is 0 Å². The third-order valence-electron chi connectivity index (χ3n) is 4.54. The highest BCUT2D eigenvalue weighted by Crippen LogP contribution is 2.29. The lowest BCUT2D eigenvalue weighted by molar-refractivity contribution is -0.154. The first kappa shape index (κ1) is 13.9. The maximum Gasteiger partial charge on any atom is 0.326 e. The summed E-state index contributed by atoms with van der Waals surface area (Å²) in [5, 5.41) is 12.7. The Morgan fingerprint density at radius 3 is 2.81 bits per heavy atom. The Labute approximate surface area is 123 Å². The minimum atomic E-state index is -0.897. The number of nitrogens with zero attached hydrogens (tertiary/aromatic N) is 1. The van der Waals surface area contributed by atoms with Crippen LogP contribution in [0.2, 0.25) is 0 Å². The number of aliphatic carboxylic acids is 1. The zero-order valence-electron chi connectivity index (χ0n) is 12.1. The van der Waals surface area contributed by atoms with Crippen molar-refractivity contribution < 1.29 is 14.7 Å². The molecule has 2 heterocycles. The number of rotatable bonds is 2. The van der Waals surface area contributed by atoms with Crippen LogP contribution in [0.15, 0.2) is 24.3 Å². The van der Waals surface area contributed by atoms with Crippen molar-refractivity contribution in [1.29, 1.82) is 0 Å². The molecule has 1 saturated heterocycles. The standard InChI is InChI=1S/C16H20N2O3/c1-10-5-4-8-18(14(10)16(20)21)15(19)13-9-11-6-2-3-7-12(11)17-13/h2-3,6-7,10,13-14,17H,4-5,8-9H2,1H3,(H,20,21)/t10?,13-,14?/m0/s1. The molecule has 1 aromatic rings. The molecule has 0 spiro atoms. The van der Waals surface area contributed by atoms with E-state index in [-0.39, 0.29) is 17.9 Å². The zero-order chi connectivity index (χ0) is 15.0. The predicted molar refractivity (Wildman–Crippen MR) is 79.1 cm³/mol. The van der Waals surface area contributed by atoms with Crippen LogP contribution in [0.5, 0.6) is 0 Å². The number of hydrogen-bond acceptors (Lipinski definition) is 3. The molecule has 3 atom stereocenters. The van der Waals surface area contributed by atoms with Crippen molar-refractivity contribution in [2.24, 2.45) is 5.92 Å². The van der Waals surface area contributed by atoms with Gasteiger partial charge in [-0.15, -0.1) is 0 Å². The summed E-state index contributed by atoms with van der Waals surface area (Å²) in [4.78, 5) is 25.8. The van der Waals surface area contributed by atoms with E-state index in [2.05, 4.69) is 5.32 Å². The second-order valence-corrected chi connectivity index (χ2v) is 5.99. The van der Waals surface area contributed by atoms with Crippen LogP contribution in [0.3, 0.4) is 0 Å². The number of carboxylic acid groups (broad SMARTS) is 1. The SMILES string of the molecule is CC1CCCN(C(=O)[C@@H]2Cc3ccccc3N2)C1C(=O)O. The fourth-order valence-corrected chi connectivity index (χ4v) is 3.46. The molecule has 5 nitrogen and oxygen atoms in total. The molecule has 0 radical (unpaired) electrons. The van der Waals surface area contributed by atoms with E-state index in [4.69, 9.17) is 0 Å². The molecular weight excluding hydrogens is 268 g/mol. The quantitative estimate of drug-likeness (QED) is 0.869. The fourth-order valence-electron chi connectivity index (χ4n) is 3.46. The average molecular weight is 288 g/mol. The van der Waals surface area contributed by atoms with Gasteiger partial charge in [0.1, 0.15) is 12.1 Å². The van der Waals surface area contributed by atoms with Crippen LogP contribution < -0.4 is 5.32 Å². The van der Waals surface area contributed by atoms with E-state index < -0.39 is 12.0 Å². The molecular formula is C16H20N2O3. The van der Waals surface area contributed by atoms with Gasteiger partial charge in [-0.05, 0) is 30.4 Å². The summed E-state index contributed by atoms with van der Waals surface area (Å²) in [7, 11) is 0. The molecule has 0 aromatic heterocycles. The lowest BCUT2D eigenvalue weighted by Gasteiger charge is -2.38. The van der Waals surface area contributed by atoms with Gasteiger partial charge in [0.05, 0.1) is 0 Å². The molecule has 3 rings (SSSR count). The molecule has 0 aliphatic carbocycles. The number of carbonyl (C=O) groups excluding carboxylic acids is 1. The first-order chi connectivity index (χ1) is 10.1. The van der Waals surface area contributed by atoms with Crippen LogP contribution in [-0.2, 0) is 16.0 Å². The number of piperidine rings is 1. The number of likely N-dealkylation sites (tertiary alicyclic amines) is 1. The molecule has 1 amide bonds. The monoisotopic (exact) mass is 288 g/mol. The van der Waals surface area contributed by atoms with Gasteiger partial charge in [-0.2, -0.15) is 0 Å². The van der Waals surface area contributed by atoms with Gasteiger partial charge in [-0.25, -0.2) is 4.79 Å². The van der Waals surface area contributed by atoms with Gasteiger partial charge in [0, 0.05) is 18.7 Å². The van der Waals surface area contributed by atoms with Crippen LogP contribution >= 0.6 is 0 Å². The Morgan fingerprint density at radius 2 is 2.10 bits per heavy atom. The molecule has 21 heavy (non-hydrogen) atoms. The Morgan fingerprint density at radius 1 is 1.33 bits per heavy atom. The van der Waals surface area contributed by atoms with Crippen LogP contribution in [0.4, 0.5) is 5.69 Å². The van der Waals surface area contributed by atoms with Crippen LogP contribution in [0.25, 0.3) is 0 Å². The van der Waals surface area contributed by atoms with Gasteiger partial charge in [0.2, 0.25) is 5.91 Å². The van der Waals surface area contributed by atoms with Crippen molar-refractivity contribution in [3.05, 3.63) is 29.8 Å². The highest BCUT2D eigenvalue weighted by atomic mass is 16.4. The van der Waals surface area contributed by atoms with Gasteiger partial charge in [0.15, 0.2) is 0 Å². The Balaban J connectivity index is 1.78. The molecule has 1 aromatic carbocycles. The predicted octanol–water partition coefficient (Wildman–Crippen LogP) is 1.73. The molecule has 0 bridgehead atoms. The summed E-state index contributed by atoms with van der Waals surface area (Å²) in [6.07, 6.45) is 2.36. The van der Waals surface area contributed by atoms with Gasteiger partial charge in [-0.1, -0.05) is 25.1 Å². The summed E-state index contributed by atoms with van der Waals surface area (Å²) >= 11 is 0. The molecule has 1 fully saturated rings. The fraction of sp³-hybridized carbons (Fsp3) is 0.500. The number of amides is 1. The molecule has 0 saturated carbocycles. The maximum atomic E-state index is 12.7. The molecule has 2 aliphatic rings. The maximum absolute atomic E-state index is 12.7. The third kappa shape index (κ3) is 2.48. The number of nitrogens with one attached hydrogen (secondary N) is 1. The average Bonchev–Trinajstić information content (AvgIpc) is 2.89. The Kier molecular flexibility index (Phi) is 3.57. The van der Waals surface area contributed by atoms with Gasteiger partial charge < -0.3 is 15.3 Å². The van der Waals surface area contributed by atoms with E-state index in [1.54, 1.807) is 4.90 Å². The zero-order valence-corrected chi connectivity index (χ0v) is 12.1. The highest BCUT2D eigenvalue weighted by molar-refractivity contribution is 5.91. The van der Waals surface area contributed by atoms with Crippen LogP contribution in [0, 0.1) is 5.92 Å². The van der Waals surface area contributed by atoms with Crippen molar-refractivity contribution in [2.75, 3.05) is 11.9 Å². The number of anilines is 1. The first-order valence-electron chi connectivity index (χ1n) is 7.45. The van der Waals surface area contributed by atoms with E-state index in [9.17, 15) is 14.7 Å². The summed E-state index contributed by atoms with van der Waals surface area (Å²) in [6, 6.07) is 6.81. The topological polar surface area (TPSA) is 69.6 Å². The van der Waals surface area contributed by atoms with Gasteiger partial charge in [-0.3, -0.25) is 4.79 Å². The summed E-state index contributed by atoms with van der Waals surface area (Å²) in [6.45, 7) is 2.45. The third-order valence-corrected chi connectivity index (χ3v) is 4.54. The van der Waals surface area contributed by atoms with Crippen molar-refractivity contribution in [1.82, 2.24) is 4.90 Å². The molecule has 5 heteroatoms. The normalized spacial score (nSPS) is 27.9. The number of carboxylic acids is 1. The molecule has 2 aliphatic heterocycles. The summed E-state index contributed by atoms with van der Waals surface area (Å²) in [5.74, 6) is -0.986. The summed E-state index contributed by atoms with van der Waals surface area (Å²) in [5.41, 5.74) is 2.10. The van der Waals surface area contributed by atoms with Crippen LogP contribution in [0.1, 0.15) is 25.3 Å². The smallest absolute Gasteiger partial charge is 0.326 e. The van der Waals surface area contributed by atoms with E-state index >= 15 is 0 Å². The lowest BCUT2D eigenvalue weighted by Crippen LogP contribution is -2.55. The second kappa shape index (κ2) is 5.39. The highest BCUT2D eigenvalue weighted by Gasteiger charge is 2.40. The number of carbonyl (C=O) groups is 2. The summed E-state index contributed by atoms with van der Waals surface area (Å²) < 4.78 is 0. The minimum Gasteiger partial charge on any atom is -0.480 e. The van der Waals surface area contributed by atoms with Crippen molar-refractivity contribution >= 4 is 17.6 Å². The van der Waals surface area contributed by atoms with E-state index in [1.165, 1.54) is 0 Å². The first-order valence-corrected chi connectivity index (χ1v) is 7.45. The number of benzene rings is 1. The van der Waals surface area contributed by atoms with Gasteiger partial charge in [0.25, 0.3) is 0 Å². The Hall–Kier alpha value is -2.04. The number of hydrogen-bond donors (Lipinski definition) is 2. The lowest BCUT2D eigenvalue weighted by atomic mass is 9.90. The molecule has 112 valence electrons. The number of fused-ring (bicyclic) bond motifs is 1. The van der Waals surface area contributed by atoms with Crippen molar-refractivity contribution in [3.8, 4) is 0 Å². The van der Waals surface area contributed by atoms with Crippen molar-refractivity contribution in [2.45, 2.75) is 38.3 Å². The van der Waals surface area contributed by atoms with E-state index in [0.29, 0.717) is 13.0 Å². The van der Waals surface area contributed by atoms with Crippen LogP contribution in [-0.4, -0.2) is 40.5 Å². The van der Waals surface area contributed by atoms with E-state index in [1.807, 2.05) is 31.2 Å². The van der Waals surface area contributed by atoms with E-state index in [0.717, 1.165) is 24.1 Å². The number of para-hydroxylation sites is 1. The molecule has 2 N–H and O–H groups in total. The molecule has 2 unspecified atom stereocenters. The minimum absolute atomic E-state index is 0.00368. The Bertz CT molecular complexity index is 547. The second-order valence-electron chi connectivity index (χ2n) is 5.99. The van der Waals surface area contributed by atoms with Gasteiger partial charge >= 0.3 is 5.97 Å².